The van der Waals surface area contributed by atoms with Crippen molar-refractivity contribution in [2.24, 2.45) is 0 Å². The van der Waals surface area contributed by atoms with Gasteiger partial charge in [-0.2, -0.15) is 4.98 Å². The van der Waals surface area contributed by atoms with E-state index in [1.807, 2.05) is 35.0 Å². The largest absolute Gasteiger partial charge is 0.493 e. The third-order valence-corrected chi connectivity index (χ3v) is 7.95. The van der Waals surface area contributed by atoms with Crippen molar-refractivity contribution in [3.05, 3.63) is 42.0 Å². The normalized spacial score (nSPS) is 20.3. The fraction of sp³-hybridized carbons (Fsp3) is 0.484. The summed E-state index contributed by atoms with van der Waals surface area (Å²) in [6.07, 6.45) is 7.02. The fourth-order valence-electron chi connectivity index (χ4n) is 5.47. The maximum atomic E-state index is 12.3. The molecule has 1 amide bonds. The van der Waals surface area contributed by atoms with Crippen LogP contribution in [-0.4, -0.2) is 79.2 Å². The van der Waals surface area contributed by atoms with E-state index in [1.165, 1.54) is 6.21 Å². The summed E-state index contributed by atoms with van der Waals surface area (Å²) < 4.78 is 25.1. The van der Waals surface area contributed by atoms with E-state index >= 15 is 0 Å². The lowest BCUT2D eigenvalue weighted by atomic mass is 10.1. The Morgan fingerprint density at radius 1 is 1.09 bits per heavy atom. The van der Waals surface area contributed by atoms with E-state index in [2.05, 4.69) is 21.3 Å². The Kier molecular flexibility index (Phi) is 9.54. The standard InChI is InChI=1S/C31H40N8O5/c1-41-26-15-20(8-11-25(26)44-19-27(40)34-23-17-33-18-23)30-37-31(38-39(30)29-7-3-5-13-43-29)35-22-9-10-24(21(14-22)16-32)36-28-6-2-4-12-42-28/h8-11,14-16,23,28-29,32-33,36H,2-7,12-13,17-19H2,1H3,(H,34,40)(H,35,38). The lowest BCUT2D eigenvalue weighted by Crippen LogP contribution is -2.57. The van der Waals surface area contributed by atoms with Gasteiger partial charge in [0.25, 0.3) is 5.91 Å². The number of rotatable bonds is 12. The molecule has 13 heteroatoms. The molecule has 5 N–H and O–H groups in total. The maximum absolute atomic E-state index is 12.3. The van der Waals surface area contributed by atoms with Gasteiger partial charge in [-0.05, 0) is 74.9 Å². The number of amides is 1. The average molecular weight is 605 g/mol. The van der Waals surface area contributed by atoms with Crippen LogP contribution in [-0.2, 0) is 14.3 Å². The fourth-order valence-corrected chi connectivity index (χ4v) is 5.47. The molecule has 3 aliphatic rings. The van der Waals surface area contributed by atoms with Crippen molar-refractivity contribution in [1.82, 2.24) is 25.4 Å². The summed E-state index contributed by atoms with van der Waals surface area (Å²) in [5.74, 6) is 1.78. The first kappa shape index (κ1) is 29.9. The summed E-state index contributed by atoms with van der Waals surface area (Å²) in [6, 6.07) is 11.4. The maximum Gasteiger partial charge on any atom is 0.258 e. The molecule has 2 aromatic carbocycles. The number of anilines is 3. The Hall–Kier alpha value is -4.20. The number of hydrogen-bond donors (Lipinski definition) is 5. The van der Waals surface area contributed by atoms with Gasteiger partial charge in [0.15, 0.2) is 30.2 Å². The van der Waals surface area contributed by atoms with Crippen LogP contribution in [0, 0.1) is 5.41 Å². The molecule has 0 saturated carbocycles. The van der Waals surface area contributed by atoms with Gasteiger partial charge in [0.05, 0.1) is 13.2 Å². The van der Waals surface area contributed by atoms with Gasteiger partial charge in [-0.1, -0.05) is 0 Å². The van der Waals surface area contributed by atoms with E-state index in [-0.39, 0.29) is 31.0 Å². The van der Waals surface area contributed by atoms with E-state index in [9.17, 15) is 4.79 Å². The van der Waals surface area contributed by atoms with Crippen molar-refractivity contribution < 1.29 is 23.7 Å². The van der Waals surface area contributed by atoms with Crippen LogP contribution in [0.5, 0.6) is 11.5 Å². The summed E-state index contributed by atoms with van der Waals surface area (Å²) in [4.78, 5) is 17.1. The van der Waals surface area contributed by atoms with Crippen LogP contribution in [0.15, 0.2) is 36.4 Å². The van der Waals surface area contributed by atoms with Gasteiger partial charge in [0.1, 0.15) is 6.23 Å². The number of hydrogen-bond acceptors (Lipinski definition) is 11. The molecule has 13 nitrogen and oxygen atoms in total. The predicted molar refractivity (Wildman–Crippen MR) is 166 cm³/mol. The second kappa shape index (κ2) is 14.1. The van der Waals surface area contributed by atoms with Gasteiger partial charge < -0.3 is 45.6 Å². The SMILES string of the molecule is COc1cc(-c2nc(Nc3ccc(NC4CCCCO4)c(C=N)c3)nn2C2CCCCO2)ccc1OCC(=O)NC1CNC1. The van der Waals surface area contributed by atoms with Crippen LogP contribution in [0.3, 0.4) is 0 Å². The zero-order chi connectivity index (χ0) is 30.3. The first-order chi connectivity index (χ1) is 21.6. The Balaban J connectivity index is 1.22. The number of carbonyl (C=O) groups is 1. The number of aromatic nitrogens is 3. The van der Waals surface area contributed by atoms with Crippen LogP contribution in [0.1, 0.15) is 50.3 Å². The van der Waals surface area contributed by atoms with E-state index in [0.29, 0.717) is 29.9 Å². The molecule has 6 rings (SSSR count). The summed E-state index contributed by atoms with van der Waals surface area (Å²) in [5, 5.41) is 25.6. The lowest BCUT2D eigenvalue weighted by molar-refractivity contribution is -0.124. The smallest absolute Gasteiger partial charge is 0.258 e. The van der Waals surface area contributed by atoms with Gasteiger partial charge in [-0.15, -0.1) is 5.10 Å². The van der Waals surface area contributed by atoms with Crippen molar-refractivity contribution in [2.75, 3.05) is 50.7 Å². The first-order valence-electron chi connectivity index (χ1n) is 15.3. The Bertz CT molecular complexity index is 1450. The highest BCUT2D eigenvalue weighted by molar-refractivity contribution is 5.88. The monoisotopic (exact) mass is 604 g/mol. The van der Waals surface area contributed by atoms with Gasteiger partial charge in [0.2, 0.25) is 5.95 Å². The predicted octanol–water partition coefficient (Wildman–Crippen LogP) is 3.80. The van der Waals surface area contributed by atoms with Crippen LogP contribution in [0.25, 0.3) is 11.4 Å². The highest BCUT2D eigenvalue weighted by Crippen LogP contribution is 2.35. The molecule has 3 aromatic rings. The van der Waals surface area contributed by atoms with E-state index < -0.39 is 0 Å². The quantitative estimate of drug-likeness (QED) is 0.193. The molecule has 4 heterocycles. The molecule has 1 aromatic heterocycles. The van der Waals surface area contributed by atoms with Gasteiger partial charge in [0, 0.05) is 55.0 Å². The first-order valence-corrected chi connectivity index (χ1v) is 15.3. The molecule has 3 saturated heterocycles. The number of ether oxygens (including phenoxy) is 4. The molecule has 2 unspecified atom stereocenters. The minimum absolute atomic E-state index is 0.0486. The Morgan fingerprint density at radius 2 is 1.93 bits per heavy atom. The molecule has 0 radical (unpaired) electrons. The average Bonchev–Trinajstić information content (AvgIpc) is 3.47. The third-order valence-electron chi connectivity index (χ3n) is 7.95. The molecule has 234 valence electrons. The molecular formula is C31H40N8O5. The van der Waals surface area contributed by atoms with Crippen LogP contribution >= 0.6 is 0 Å². The highest BCUT2D eigenvalue weighted by Gasteiger charge is 2.25. The number of benzene rings is 2. The van der Waals surface area contributed by atoms with Crippen molar-refractivity contribution in [1.29, 1.82) is 5.41 Å². The third kappa shape index (κ3) is 7.12. The van der Waals surface area contributed by atoms with Crippen LogP contribution in [0.2, 0.25) is 0 Å². The lowest BCUT2D eigenvalue weighted by Gasteiger charge is -2.27. The topological polar surface area (TPSA) is 157 Å². The minimum Gasteiger partial charge on any atom is -0.493 e. The van der Waals surface area contributed by atoms with E-state index in [0.717, 1.165) is 80.7 Å². The summed E-state index contributed by atoms with van der Waals surface area (Å²) in [6.45, 7) is 2.84. The molecule has 0 bridgehead atoms. The second-order valence-electron chi connectivity index (χ2n) is 11.2. The van der Waals surface area contributed by atoms with E-state index in [4.69, 9.17) is 34.4 Å². The van der Waals surface area contributed by atoms with Gasteiger partial charge in [-0.25, -0.2) is 4.68 Å². The Labute approximate surface area is 256 Å². The highest BCUT2D eigenvalue weighted by atomic mass is 16.5. The summed E-state index contributed by atoms with van der Waals surface area (Å²) in [7, 11) is 1.56. The zero-order valence-corrected chi connectivity index (χ0v) is 24.9. The molecule has 0 spiro atoms. The Morgan fingerprint density at radius 3 is 2.64 bits per heavy atom. The van der Waals surface area contributed by atoms with Gasteiger partial charge >= 0.3 is 0 Å². The van der Waals surface area contributed by atoms with Crippen molar-refractivity contribution in [2.45, 2.75) is 57.0 Å². The molecule has 0 aliphatic carbocycles. The number of nitrogens with zero attached hydrogens (tertiary/aromatic N) is 3. The van der Waals surface area contributed by atoms with Crippen molar-refractivity contribution in [3.63, 3.8) is 0 Å². The molecule has 3 fully saturated rings. The van der Waals surface area contributed by atoms with Crippen LogP contribution in [0.4, 0.5) is 17.3 Å². The van der Waals surface area contributed by atoms with Gasteiger partial charge in [-0.3, -0.25) is 4.79 Å². The molecule has 2 atom stereocenters. The van der Waals surface area contributed by atoms with Crippen molar-refractivity contribution in [3.8, 4) is 22.9 Å². The minimum atomic E-state index is -0.257. The molecular weight excluding hydrogens is 564 g/mol. The summed E-state index contributed by atoms with van der Waals surface area (Å²) in [5.41, 5.74) is 3.10. The molecule has 44 heavy (non-hydrogen) atoms. The second-order valence-corrected chi connectivity index (χ2v) is 11.2. The van der Waals surface area contributed by atoms with Crippen molar-refractivity contribution >= 4 is 29.4 Å². The number of carbonyl (C=O) groups excluding carboxylic acids is 1. The van der Waals surface area contributed by atoms with Crippen LogP contribution < -0.4 is 30.7 Å². The number of methoxy groups -OCH3 is 1. The zero-order valence-electron chi connectivity index (χ0n) is 24.9. The number of nitrogens with one attached hydrogen (secondary N) is 5. The molecule has 3 aliphatic heterocycles. The summed E-state index contributed by atoms with van der Waals surface area (Å²) >= 11 is 0. The van der Waals surface area contributed by atoms with E-state index in [1.54, 1.807) is 13.2 Å².